The lowest BCUT2D eigenvalue weighted by Gasteiger charge is -2.35. The standard InChI is InChI=1S/C20H24N2O4S/c1-25-18-8-5-9-19(11-18)27(23,24)21-16-10-17-14-26-20(13-22(17)12-16)15-6-3-2-4-7-15/h2-9,11,16-17,20-21H,10,12-14H2,1H3/t16-,17+,20-/m1/s1. The molecule has 0 aromatic heterocycles. The van der Waals surface area contributed by atoms with Gasteiger partial charge in [-0.05, 0) is 24.1 Å². The molecule has 2 fully saturated rings. The highest BCUT2D eigenvalue weighted by Crippen LogP contribution is 2.30. The lowest BCUT2D eigenvalue weighted by Crippen LogP contribution is -2.43. The van der Waals surface area contributed by atoms with Crippen LogP contribution in [0.15, 0.2) is 59.5 Å². The Labute approximate surface area is 160 Å². The fourth-order valence-electron chi connectivity index (χ4n) is 3.88. The lowest BCUT2D eigenvalue weighted by atomic mass is 10.1. The summed E-state index contributed by atoms with van der Waals surface area (Å²) in [5.74, 6) is 0.529. The van der Waals surface area contributed by atoms with Crippen LogP contribution in [-0.4, -0.2) is 52.2 Å². The number of nitrogens with zero attached hydrogens (tertiary/aromatic N) is 1. The van der Waals surface area contributed by atoms with Gasteiger partial charge in [0.05, 0.1) is 24.7 Å². The summed E-state index contributed by atoms with van der Waals surface area (Å²) < 4.78 is 39.5. The van der Waals surface area contributed by atoms with E-state index in [0.29, 0.717) is 18.9 Å². The number of ether oxygens (including phenoxy) is 2. The summed E-state index contributed by atoms with van der Waals surface area (Å²) in [5, 5.41) is 0. The Morgan fingerprint density at radius 1 is 1.11 bits per heavy atom. The number of morpholine rings is 1. The molecular weight excluding hydrogens is 364 g/mol. The number of sulfonamides is 1. The van der Waals surface area contributed by atoms with Gasteiger partial charge in [-0.2, -0.15) is 0 Å². The van der Waals surface area contributed by atoms with Gasteiger partial charge in [0, 0.05) is 31.2 Å². The largest absolute Gasteiger partial charge is 0.497 e. The van der Waals surface area contributed by atoms with Crippen LogP contribution in [0, 0.1) is 0 Å². The molecular formula is C20H24N2O4S. The maximum atomic E-state index is 12.7. The van der Waals surface area contributed by atoms with Gasteiger partial charge >= 0.3 is 0 Å². The van der Waals surface area contributed by atoms with Gasteiger partial charge in [0.2, 0.25) is 10.0 Å². The summed E-state index contributed by atoms with van der Waals surface area (Å²) in [4.78, 5) is 2.56. The summed E-state index contributed by atoms with van der Waals surface area (Å²) in [6.07, 6.45) is 0.793. The first kappa shape index (κ1) is 18.4. The summed E-state index contributed by atoms with van der Waals surface area (Å²) >= 11 is 0. The quantitative estimate of drug-likeness (QED) is 0.850. The number of methoxy groups -OCH3 is 1. The Morgan fingerprint density at radius 2 is 1.93 bits per heavy atom. The minimum atomic E-state index is -3.58. The number of hydrogen-bond donors (Lipinski definition) is 1. The molecule has 1 N–H and O–H groups in total. The van der Waals surface area contributed by atoms with Gasteiger partial charge in [-0.15, -0.1) is 0 Å². The Bertz CT molecular complexity index is 888. The summed E-state index contributed by atoms with van der Waals surface area (Å²) in [6, 6.07) is 16.8. The van der Waals surface area contributed by atoms with Crippen molar-refractivity contribution in [2.45, 2.75) is 29.5 Å². The third-order valence-corrected chi connectivity index (χ3v) is 6.78. The van der Waals surface area contributed by atoms with Crippen molar-refractivity contribution in [3.05, 3.63) is 60.2 Å². The van der Waals surface area contributed by atoms with Crippen LogP contribution in [0.3, 0.4) is 0 Å². The van der Waals surface area contributed by atoms with Gasteiger partial charge in [0.15, 0.2) is 0 Å². The molecule has 0 radical (unpaired) electrons. The predicted molar refractivity (Wildman–Crippen MR) is 102 cm³/mol. The van der Waals surface area contributed by atoms with Crippen molar-refractivity contribution >= 4 is 10.0 Å². The Hall–Kier alpha value is -1.93. The van der Waals surface area contributed by atoms with Crippen LogP contribution in [0.1, 0.15) is 18.1 Å². The first-order valence-corrected chi connectivity index (χ1v) is 10.6. The van der Waals surface area contributed by atoms with E-state index in [0.717, 1.165) is 18.5 Å². The average molecular weight is 388 g/mol. The SMILES string of the molecule is COc1cccc(S(=O)(=O)N[C@@H]2C[C@H]3CO[C@@H](c4ccccc4)CN3C2)c1. The van der Waals surface area contributed by atoms with Crippen LogP contribution >= 0.6 is 0 Å². The van der Waals surface area contributed by atoms with Crippen molar-refractivity contribution < 1.29 is 17.9 Å². The van der Waals surface area contributed by atoms with E-state index in [1.54, 1.807) is 24.3 Å². The minimum Gasteiger partial charge on any atom is -0.497 e. The normalized spacial score (nSPS) is 25.9. The molecule has 27 heavy (non-hydrogen) atoms. The predicted octanol–water partition coefficient (Wildman–Crippen LogP) is 2.19. The van der Waals surface area contributed by atoms with Crippen molar-refractivity contribution in [1.29, 1.82) is 0 Å². The van der Waals surface area contributed by atoms with Crippen LogP contribution in [-0.2, 0) is 14.8 Å². The van der Waals surface area contributed by atoms with E-state index in [1.165, 1.54) is 7.11 Å². The Morgan fingerprint density at radius 3 is 2.70 bits per heavy atom. The highest BCUT2D eigenvalue weighted by molar-refractivity contribution is 7.89. The molecule has 0 saturated carbocycles. The fraction of sp³-hybridized carbons (Fsp3) is 0.400. The molecule has 0 spiro atoms. The van der Waals surface area contributed by atoms with Crippen molar-refractivity contribution in [1.82, 2.24) is 9.62 Å². The first-order valence-electron chi connectivity index (χ1n) is 9.12. The molecule has 2 aliphatic heterocycles. The molecule has 0 unspecified atom stereocenters. The van der Waals surface area contributed by atoms with Crippen LogP contribution < -0.4 is 9.46 Å². The Kier molecular flexibility index (Phi) is 5.19. The zero-order valence-electron chi connectivity index (χ0n) is 15.2. The number of benzene rings is 2. The third kappa shape index (κ3) is 4.01. The van der Waals surface area contributed by atoms with Gasteiger partial charge < -0.3 is 9.47 Å². The minimum absolute atomic E-state index is 0.0381. The molecule has 2 heterocycles. The molecule has 4 rings (SSSR count). The molecule has 6 nitrogen and oxygen atoms in total. The zero-order valence-corrected chi connectivity index (χ0v) is 16.1. The van der Waals surface area contributed by atoms with E-state index >= 15 is 0 Å². The van der Waals surface area contributed by atoms with Gasteiger partial charge in [0.25, 0.3) is 0 Å². The second-order valence-corrected chi connectivity index (χ2v) is 8.79. The monoisotopic (exact) mass is 388 g/mol. The Balaban J connectivity index is 1.42. The van der Waals surface area contributed by atoms with E-state index in [9.17, 15) is 8.42 Å². The van der Waals surface area contributed by atoms with Gasteiger partial charge in [0.1, 0.15) is 5.75 Å². The van der Waals surface area contributed by atoms with Crippen molar-refractivity contribution in [2.75, 3.05) is 26.8 Å². The maximum Gasteiger partial charge on any atom is 0.240 e. The molecule has 0 bridgehead atoms. The van der Waals surface area contributed by atoms with E-state index in [1.807, 2.05) is 18.2 Å². The fourth-order valence-corrected chi connectivity index (χ4v) is 5.16. The molecule has 0 aliphatic carbocycles. The lowest BCUT2D eigenvalue weighted by molar-refractivity contribution is -0.0502. The van der Waals surface area contributed by atoms with Crippen LogP contribution in [0.2, 0.25) is 0 Å². The van der Waals surface area contributed by atoms with Crippen LogP contribution in [0.25, 0.3) is 0 Å². The van der Waals surface area contributed by atoms with E-state index in [-0.39, 0.29) is 23.1 Å². The van der Waals surface area contributed by atoms with E-state index in [2.05, 4.69) is 21.8 Å². The van der Waals surface area contributed by atoms with E-state index in [4.69, 9.17) is 9.47 Å². The summed E-state index contributed by atoms with van der Waals surface area (Å²) in [7, 11) is -2.06. The number of fused-ring (bicyclic) bond motifs is 1. The van der Waals surface area contributed by atoms with Crippen LogP contribution in [0.4, 0.5) is 0 Å². The van der Waals surface area contributed by atoms with Gasteiger partial charge in [-0.3, -0.25) is 4.90 Å². The smallest absolute Gasteiger partial charge is 0.240 e. The first-order chi connectivity index (χ1) is 13.0. The molecule has 2 aliphatic rings. The van der Waals surface area contributed by atoms with Gasteiger partial charge in [-0.1, -0.05) is 36.4 Å². The van der Waals surface area contributed by atoms with Crippen molar-refractivity contribution in [2.24, 2.45) is 0 Å². The van der Waals surface area contributed by atoms with E-state index < -0.39 is 10.0 Å². The number of hydrogen-bond acceptors (Lipinski definition) is 5. The topological polar surface area (TPSA) is 67.9 Å². The highest BCUT2D eigenvalue weighted by Gasteiger charge is 2.39. The third-order valence-electron chi connectivity index (χ3n) is 5.26. The number of rotatable bonds is 5. The maximum absolute atomic E-state index is 12.7. The molecule has 2 saturated heterocycles. The zero-order chi connectivity index (χ0) is 18.9. The average Bonchev–Trinajstić information content (AvgIpc) is 3.09. The van der Waals surface area contributed by atoms with Crippen molar-refractivity contribution in [3.8, 4) is 5.75 Å². The van der Waals surface area contributed by atoms with Crippen molar-refractivity contribution in [3.63, 3.8) is 0 Å². The molecule has 2 aromatic rings. The molecule has 144 valence electrons. The second-order valence-electron chi connectivity index (χ2n) is 7.07. The molecule has 7 heteroatoms. The second kappa shape index (κ2) is 7.59. The summed E-state index contributed by atoms with van der Waals surface area (Å²) in [5.41, 5.74) is 1.16. The molecule has 3 atom stereocenters. The number of nitrogens with one attached hydrogen (secondary N) is 1. The molecule has 2 aromatic carbocycles. The highest BCUT2D eigenvalue weighted by atomic mass is 32.2. The summed E-state index contributed by atoms with van der Waals surface area (Å²) in [6.45, 7) is 2.10. The van der Waals surface area contributed by atoms with Crippen LogP contribution in [0.5, 0.6) is 5.75 Å². The molecule has 0 amide bonds. The van der Waals surface area contributed by atoms with Gasteiger partial charge in [-0.25, -0.2) is 13.1 Å².